The van der Waals surface area contributed by atoms with Crippen LogP contribution in [0.15, 0.2) is 207 Å². The van der Waals surface area contributed by atoms with Gasteiger partial charge in [0.05, 0.1) is 22.7 Å². The largest absolute Gasteiger partial charge is 0.456 e. The van der Waals surface area contributed by atoms with Gasteiger partial charge in [-0.1, -0.05) is 109 Å². The quantitative estimate of drug-likeness (QED) is 0.167. The third-order valence-corrected chi connectivity index (χ3v) is 12.3. The summed E-state index contributed by atoms with van der Waals surface area (Å²) in [5.74, 6) is -0.653. The lowest BCUT2D eigenvalue weighted by atomic mass is 9.96. The maximum absolute atomic E-state index is 14.6. The molecule has 0 unspecified atom stereocenters. The molecule has 0 atom stereocenters. The molecule has 0 bridgehead atoms. The Morgan fingerprint density at radius 2 is 0.651 bits per heavy atom. The van der Waals surface area contributed by atoms with E-state index in [1.165, 1.54) is 24.3 Å². The summed E-state index contributed by atoms with van der Waals surface area (Å²) < 4.78 is 49.6. The second-order valence-corrected chi connectivity index (χ2v) is 15.9. The number of benzene rings is 10. The minimum Gasteiger partial charge on any atom is -0.456 e. The zero-order chi connectivity index (χ0) is 41.8. The fraction of sp³-hybridized carbons (Fsp3) is 0. The Balaban J connectivity index is 1.11. The summed E-state index contributed by atoms with van der Waals surface area (Å²) in [6.07, 6.45) is 0. The van der Waals surface area contributed by atoms with Gasteiger partial charge in [-0.3, -0.25) is 0 Å². The molecular formula is C56H32F2N2O3. The summed E-state index contributed by atoms with van der Waals surface area (Å²) in [5, 5.41) is 9.87. The van der Waals surface area contributed by atoms with Crippen molar-refractivity contribution in [1.29, 1.82) is 0 Å². The van der Waals surface area contributed by atoms with Crippen LogP contribution in [0.3, 0.4) is 0 Å². The molecule has 0 spiro atoms. The summed E-state index contributed by atoms with van der Waals surface area (Å²) in [6, 6.07) is 62.3. The lowest BCUT2D eigenvalue weighted by Crippen LogP contribution is -2.11. The van der Waals surface area contributed by atoms with Crippen LogP contribution in [-0.4, -0.2) is 0 Å². The first-order chi connectivity index (χ1) is 31.1. The zero-order valence-corrected chi connectivity index (χ0v) is 33.4. The van der Waals surface area contributed by atoms with Gasteiger partial charge in [0.25, 0.3) is 0 Å². The van der Waals surface area contributed by atoms with Gasteiger partial charge >= 0.3 is 0 Å². The second kappa shape index (κ2) is 13.5. The maximum Gasteiger partial charge on any atom is 0.159 e. The van der Waals surface area contributed by atoms with Crippen molar-refractivity contribution in [3.63, 3.8) is 0 Å². The number of anilines is 6. The molecule has 3 heterocycles. The number of hydrogen-bond acceptors (Lipinski definition) is 5. The van der Waals surface area contributed by atoms with Gasteiger partial charge in [-0.25, -0.2) is 8.78 Å². The normalized spacial score (nSPS) is 12.0. The van der Waals surface area contributed by atoms with Crippen molar-refractivity contribution in [2.45, 2.75) is 0 Å². The monoisotopic (exact) mass is 818 g/mol. The number of halogens is 2. The van der Waals surface area contributed by atoms with E-state index in [0.29, 0.717) is 22.3 Å². The minimum atomic E-state index is -0.327. The van der Waals surface area contributed by atoms with Crippen LogP contribution >= 0.6 is 0 Å². The topological polar surface area (TPSA) is 45.9 Å². The fourth-order valence-corrected chi connectivity index (χ4v) is 9.64. The van der Waals surface area contributed by atoms with Crippen molar-refractivity contribution in [2.24, 2.45) is 0 Å². The molecule has 0 amide bonds. The molecule has 0 aliphatic carbocycles. The van der Waals surface area contributed by atoms with Gasteiger partial charge in [0.1, 0.15) is 34.0 Å². The first kappa shape index (κ1) is 35.3. The zero-order valence-electron chi connectivity index (χ0n) is 33.4. The average molecular weight is 819 g/mol. The SMILES string of the molecule is Fc1ccc(N(c2cc3oc4cc(N(c5ccc(F)cc5)c5cccc6c5oc5ccccc56)c5ccccc5c4c3c3ccccc23)c2cccc3c2oc2ccccc23)cc1. The van der Waals surface area contributed by atoms with E-state index >= 15 is 0 Å². The Bertz CT molecular complexity index is 3700. The highest BCUT2D eigenvalue weighted by molar-refractivity contribution is 6.30. The van der Waals surface area contributed by atoms with Crippen LogP contribution in [0, 0.1) is 11.6 Å². The van der Waals surface area contributed by atoms with Crippen LogP contribution in [0.4, 0.5) is 42.9 Å². The number of furan rings is 3. The highest BCUT2D eigenvalue weighted by Crippen LogP contribution is 2.51. The van der Waals surface area contributed by atoms with Crippen LogP contribution in [0.5, 0.6) is 0 Å². The Morgan fingerprint density at radius 1 is 0.286 bits per heavy atom. The first-order valence-electron chi connectivity index (χ1n) is 20.8. The van der Waals surface area contributed by atoms with Crippen molar-refractivity contribution in [1.82, 2.24) is 0 Å². The Labute approximate surface area is 357 Å². The molecular weight excluding hydrogens is 787 g/mol. The van der Waals surface area contributed by atoms with Gasteiger partial charge in [0.15, 0.2) is 11.2 Å². The lowest BCUT2D eigenvalue weighted by molar-refractivity contribution is 0.627. The third kappa shape index (κ3) is 5.33. The second-order valence-electron chi connectivity index (χ2n) is 15.9. The Morgan fingerprint density at radius 3 is 1.08 bits per heavy atom. The predicted molar refractivity (Wildman–Crippen MR) is 253 cm³/mol. The summed E-state index contributed by atoms with van der Waals surface area (Å²) in [5.41, 5.74) is 9.15. The van der Waals surface area contributed by atoms with E-state index < -0.39 is 0 Å². The summed E-state index contributed by atoms with van der Waals surface area (Å²) in [6.45, 7) is 0. The van der Waals surface area contributed by atoms with E-state index in [1.54, 1.807) is 24.3 Å². The fourth-order valence-electron chi connectivity index (χ4n) is 9.64. The molecule has 3 aromatic heterocycles. The van der Waals surface area contributed by atoms with Crippen molar-refractivity contribution in [2.75, 3.05) is 9.80 Å². The predicted octanol–water partition coefficient (Wildman–Crippen LogP) is 16.9. The summed E-state index contributed by atoms with van der Waals surface area (Å²) in [4.78, 5) is 4.26. The molecule has 0 saturated carbocycles. The number of nitrogens with zero attached hydrogens (tertiary/aromatic N) is 2. The van der Waals surface area contributed by atoms with Crippen LogP contribution in [0.2, 0.25) is 0 Å². The molecule has 63 heavy (non-hydrogen) atoms. The standard InChI is InChI=1S/C56H32F2N2O3/c57-33-23-27-35(28-24-33)59(45-19-9-17-43-39-13-5-7-21-49(39)62-55(43)45)47-31-51-53(41-15-3-1-11-37(41)47)54-42-16-4-2-12-38(42)48(32-52(54)61-51)60(36-29-25-34(58)26-30-36)46-20-10-18-44-40-14-6-8-22-50(40)63-56(44)46/h1-32H. The van der Waals surface area contributed by atoms with Gasteiger partial charge in [0.2, 0.25) is 0 Å². The van der Waals surface area contributed by atoms with Gasteiger partial charge in [-0.05, 0) is 83.6 Å². The minimum absolute atomic E-state index is 0.327. The van der Waals surface area contributed by atoms with E-state index in [1.807, 2.05) is 84.9 Å². The lowest BCUT2D eigenvalue weighted by Gasteiger charge is -2.27. The van der Waals surface area contributed by atoms with E-state index in [2.05, 4.69) is 70.5 Å². The number of fused-ring (bicyclic) bond motifs is 13. The van der Waals surface area contributed by atoms with Crippen LogP contribution in [0.25, 0.3) is 87.4 Å². The van der Waals surface area contributed by atoms with E-state index in [0.717, 1.165) is 99.2 Å². The van der Waals surface area contributed by atoms with Crippen molar-refractivity contribution in [3.8, 4) is 0 Å². The van der Waals surface area contributed by atoms with Gasteiger partial charge in [-0.2, -0.15) is 0 Å². The van der Waals surface area contributed by atoms with E-state index in [-0.39, 0.29) is 11.6 Å². The molecule has 13 rings (SSSR count). The number of hydrogen-bond donors (Lipinski definition) is 0. The molecule has 298 valence electrons. The van der Waals surface area contributed by atoms with E-state index in [9.17, 15) is 8.78 Å². The van der Waals surface area contributed by atoms with Crippen molar-refractivity contribution < 1.29 is 22.0 Å². The first-order valence-corrected chi connectivity index (χ1v) is 20.8. The van der Waals surface area contributed by atoms with Gasteiger partial charge < -0.3 is 23.1 Å². The van der Waals surface area contributed by atoms with Crippen molar-refractivity contribution in [3.05, 3.63) is 206 Å². The summed E-state index contributed by atoms with van der Waals surface area (Å²) in [7, 11) is 0. The highest BCUT2D eigenvalue weighted by atomic mass is 19.1. The Kier molecular flexibility index (Phi) is 7.60. The number of para-hydroxylation sites is 4. The molecule has 5 nitrogen and oxygen atoms in total. The van der Waals surface area contributed by atoms with Gasteiger partial charge in [0, 0.05) is 66.6 Å². The molecule has 0 saturated heterocycles. The molecule has 0 aliphatic rings. The van der Waals surface area contributed by atoms with Crippen molar-refractivity contribution >= 4 is 121 Å². The molecule has 13 aromatic rings. The molecule has 0 fully saturated rings. The van der Waals surface area contributed by atoms with Gasteiger partial charge in [-0.15, -0.1) is 0 Å². The smallest absolute Gasteiger partial charge is 0.159 e. The molecule has 7 heteroatoms. The average Bonchev–Trinajstić information content (AvgIpc) is 4.03. The maximum atomic E-state index is 14.6. The van der Waals surface area contributed by atoms with Crippen LogP contribution in [-0.2, 0) is 0 Å². The van der Waals surface area contributed by atoms with E-state index in [4.69, 9.17) is 13.3 Å². The molecule has 10 aromatic carbocycles. The highest BCUT2D eigenvalue weighted by Gasteiger charge is 2.27. The number of rotatable bonds is 6. The molecule has 0 N–H and O–H groups in total. The summed E-state index contributed by atoms with van der Waals surface area (Å²) >= 11 is 0. The third-order valence-electron chi connectivity index (χ3n) is 12.3. The van der Waals surface area contributed by atoms with Crippen LogP contribution < -0.4 is 9.80 Å². The molecule has 0 radical (unpaired) electrons. The van der Waals surface area contributed by atoms with Crippen LogP contribution in [0.1, 0.15) is 0 Å². The Hall–Kier alpha value is -8.42. The molecule has 0 aliphatic heterocycles.